The van der Waals surface area contributed by atoms with E-state index in [0.717, 1.165) is 38.0 Å². The van der Waals surface area contributed by atoms with Crippen LogP contribution in [0, 0.1) is 11.8 Å². The topological polar surface area (TPSA) is 59.2 Å². The summed E-state index contributed by atoms with van der Waals surface area (Å²) in [5.41, 5.74) is 7.42. The second kappa shape index (κ2) is 6.25. The van der Waals surface area contributed by atoms with Gasteiger partial charge in [0.25, 0.3) is 5.91 Å². The fraction of sp³-hybridized carbons (Fsp3) is 0.625. The molecular formula is C16H25N3O. The van der Waals surface area contributed by atoms with Crippen molar-refractivity contribution in [1.29, 1.82) is 0 Å². The summed E-state index contributed by atoms with van der Waals surface area (Å²) in [5, 5.41) is 0. The zero-order chi connectivity index (χ0) is 14.7. The van der Waals surface area contributed by atoms with Gasteiger partial charge in [0.2, 0.25) is 0 Å². The quantitative estimate of drug-likeness (QED) is 0.922. The lowest BCUT2D eigenvalue weighted by molar-refractivity contribution is 0.0627. The molecule has 1 aliphatic heterocycles. The van der Waals surface area contributed by atoms with E-state index in [4.69, 9.17) is 5.73 Å². The number of aryl methyl sites for hydroxylation is 1. The number of anilines is 1. The van der Waals surface area contributed by atoms with Gasteiger partial charge < -0.3 is 10.6 Å². The molecule has 0 radical (unpaired) electrons. The van der Waals surface area contributed by atoms with Gasteiger partial charge in [-0.2, -0.15) is 0 Å². The molecule has 2 atom stereocenters. The molecule has 1 aromatic rings. The minimum atomic E-state index is 0.0928. The molecule has 0 bridgehead atoms. The summed E-state index contributed by atoms with van der Waals surface area (Å²) >= 11 is 0. The maximum Gasteiger partial charge on any atom is 0.254 e. The molecule has 1 aromatic heterocycles. The van der Waals surface area contributed by atoms with Crippen molar-refractivity contribution in [3.8, 4) is 0 Å². The highest BCUT2D eigenvalue weighted by atomic mass is 16.2. The number of hydrogen-bond donors (Lipinski definition) is 1. The average molecular weight is 275 g/mol. The highest BCUT2D eigenvalue weighted by Gasteiger charge is 2.26. The standard InChI is InChI=1S/C16H25N3O/c1-4-5-14-8-13(9-15(17)18-14)16(20)19-7-6-11(2)12(3)10-19/h8-9,11-12H,4-7,10H2,1-3H3,(H2,17,18). The largest absolute Gasteiger partial charge is 0.384 e. The Morgan fingerprint density at radius 1 is 1.40 bits per heavy atom. The van der Waals surface area contributed by atoms with Gasteiger partial charge in [0.1, 0.15) is 5.82 Å². The van der Waals surface area contributed by atoms with Crippen LogP contribution in [0.3, 0.4) is 0 Å². The Bertz CT molecular complexity index is 487. The molecule has 0 saturated carbocycles. The second-order valence-electron chi connectivity index (χ2n) is 6.02. The van der Waals surface area contributed by atoms with Crippen molar-refractivity contribution in [1.82, 2.24) is 9.88 Å². The minimum Gasteiger partial charge on any atom is -0.384 e. The van der Waals surface area contributed by atoms with E-state index in [-0.39, 0.29) is 5.91 Å². The molecule has 2 rings (SSSR count). The molecule has 4 heteroatoms. The number of rotatable bonds is 3. The Morgan fingerprint density at radius 3 is 2.80 bits per heavy atom. The molecule has 1 saturated heterocycles. The third-order valence-corrected chi connectivity index (χ3v) is 4.27. The molecule has 2 unspecified atom stereocenters. The molecule has 20 heavy (non-hydrogen) atoms. The predicted octanol–water partition coefficient (Wildman–Crippen LogP) is 2.73. The SMILES string of the molecule is CCCc1cc(C(=O)N2CCC(C)C(C)C2)cc(N)n1. The van der Waals surface area contributed by atoms with Crippen molar-refractivity contribution < 1.29 is 4.79 Å². The molecule has 2 heterocycles. The van der Waals surface area contributed by atoms with Gasteiger partial charge in [-0.15, -0.1) is 0 Å². The van der Waals surface area contributed by atoms with Crippen LogP contribution in [-0.2, 0) is 6.42 Å². The Hall–Kier alpha value is -1.58. The lowest BCUT2D eigenvalue weighted by atomic mass is 9.88. The maximum absolute atomic E-state index is 12.6. The zero-order valence-corrected chi connectivity index (χ0v) is 12.7. The van der Waals surface area contributed by atoms with E-state index < -0.39 is 0 Å². The second-order valence-corrected chi connectivity index (χ2v) is 6.02. The number of nitrogens with zero attached hydrogens (tertiary/aromatic N) is 2. The summed E-state index contributed by atoms with van der Waals surface area (Å²) < 4.78 is 0. The van der Waals surface area contributed by atoms with Crippen molar-refractivity contribution in [2.24, 2.45) is 11.8 Å². The summed E-state index contributed by atoms with van der Waals surface area (Å²) in [6.45, 7) is 8.25. The number of nitrogen functional groups attached to an aromatic ring is 1. The summed E-state index contributed by atoms with van der Waals surface area (Å²) in [6.07, 6.45) is 2.94. The van der Waals surface area contributed by atoms with Gasteiger partial charge in [-0.3, -0.25) is 4.79 Å². The van der Waals surface area contributed by atoms with Crippen LogP contribution in [0.5, 0.6) is 0 Å². The number of carbonyl (C=O) groups excluding carboxylic acids is 1. The Morgan fingerprint density at radius 2 is 2.15 bits per heavy atom. The predicted molar refractivity (Wildman–Crippen MR) is 81.5 cm³/mol. The summed E-state index contributed by atoms with van der Waals surface area (Å²) in [4.78, 5) is 18.8. The van der Waals surface area contributed by atoms with Crippen molar-refractivity contribution in [3.63, 3.8) is 0 Å². The normalized spacial score (nSPS) is 22.9. The first-order chi connectivity index (χ1) is 9.51. The Balaban J connectivity index is 2.16. The molecule has 0 aliphatic carbocycles. The van der Waals surface area contributed by atoms with Crippen molar-refractivity contribution in [2.45, 2.75) is 40.0 Å². The van der Waals surface area contributed by atoms with Crippen molar-refractivity contribution >= 4 is 11.7 Å². The number of hydrogen-bond acceptors (Lipinski definition) is 3. The van der Waals surface area contributed by atoms with Gasteiger partial charge in [-0.1, -0.05) is 27.2 Å². The van der Waals surface area contributed by atoms with Crippen LogP contribution in [0.2, 0.25) is 0 Å². The van der Waals surface area contributed by atoms with Crippen molar-refractivity contribution in [3.05, 3.63) is 23.4 Å². The van der Waals surface area contributed by atoms with Crippen LogP contribution >= 0.6 is 0 Å². The highest BCUT2D eigenvalue weighted by Crippen LogP contribution is 2.24. The average Bonchev–Trinajstić information content (AvgIpc) is 2.41. The van der Waals surface area contributed by atoms with E-state index >= 15 is 0 Å². The van der Waals surface area contributed by atoms with Crippen LogP contribution in [-0.4, -0.2) is 28.9 Å². The van der Waals surface area contributed by atoms with E-state index in [1.165, 1.54) is 0 Å². The summed E-state index contributed by atoms with van der Waals surface area (Å²) in [5.74, 6) is 1.78. The summed E-state index contributed by atoms with van der Waals surface area (Å²) in [6, 6.07) is 3.59. The number of aromatic nitrogens is 1. The van der Waals surface area contributed by atoms with E-state index in [0.29, 0.717) is 23.2 Å². The molecular weight excluding hydrogens is 250 g/mol. The smallest absolute Gasteiger partial charge is 0.254 e. The molecule has 0 aromatic carbocycles. The first-order valence-electron chi connectivity index (χ1n) is 7.57. The molecule has 1 aliphatic rings. The molecule has 110 valence electrons. The number of likely N-dealkylation sites (tertiary alicyclic amines) is 1. The first-order valence-corrected chi connectivity index (χ1v) is 7.57. The van der Waals surface area contributed by atoms with E-state index in [9.17, 15) is 4.79 Å². The molecule has 1 amide bonds. The van der Waals surface area contributed by atoms with Crippen LogP contribution in [0.25, 0.3) is 0 Å². The lowest BCUT2D eigenvalue weighted by Gasteiger charge is -2.35. The van der Waals surface area contributed by atoms with Crippen LogP contribution in [0.15, 0.2) is 12.1 Å². The number of carbonyl (C=O) groups is 1. The monoisotopic (exact) mass is 275 g/mol. The van der Waals surface area contributed by atoms with Crippen LogP contribution in [0.1, 0.15) is 49.7 Å². The van der Waals surface area contributed by atoms with Gasteiger partial charge in [0, 0.05) is 24.3 Å². The molecule has 4 nitrogen and oxygen atoms in total. The molecule has 1 fully saturated rings. The maximum atomic E-state index is 12.6. The van der Waals surface area contributed by atoms with Gasteiger partial charge in [0.15, 0.2) is 0 Å². The first kappa shape index (κ1) is 14.8. The van der Waals surface area contributed by atoms with Gasteiger partial charge in [-0.05, 0) is 36.8 Å². The van der Waals surface area contributed by atoms with E-state index in [1.807, 2.05) is 11.0 Å². The third kappa shape index (κ3) is 3.30. The fourth-order valence-corrected chi connectivity index (χ4v) is 2.75. The van der Waals surface area contributed by atoms with E-state index in [2.05, 4.69) is 25.8 Å². The number of piperidine rings is 1. The minimum absolute atomic E-state index is 0.0928. The number of nitrogens with two attached hydrogens (primary N) is 1. The molecule has 2 N–H and O–H groups in total. The van der Waals surface area contributed by atoms with Gasteiger partial charge in [-0.25, -0.2) is 4.98 Å². The highest BCUT2D eigenvalue weighted by molar-refractivity contribution is 5.95. The van der Waals surface area contributed by atoms with Crippen molar-refractivity contribution in [2.75, 3.05) is 18.8 Å². The number of pyridine rings is 1. The Labute approximate surface area is 121 Å². The lowest BCUT2D eigenvalue weighted by Crippen LogP contribution is -2.42. The van der Waals surface area contributed by atoms with Crippen LogP contribution in [0.4, 0.5) is 5.82 Å². The number of amides is 1. The van der Waals surface area contributed by atoms with E-state index in [1.54, 1.807) is 6.07 Å². The van der Waals surface area contributed by atoms with Gasteiger partial charge >= 0.3 is 0 Å². The summed E-state index contributed by atoms with van der Waals surface area (Å²) in [7, 11) is 0. The molecule has 0 spiro atoms. The van der Waals surface area contributed by atoms with Gasteiger partial charge in [0.05, 0.1) is 0 Å². The Kier molecular flexibility index (Phi) is 4.63. The fourth-order valence-electron chi connectivity index (χ4n) is 2.75. The van der Waals surface area contributed by atoms with Crippen LogP contribution < -0.4 is 5.73 Å². The zero-order valence-electron chi connectivity index (χ0n) is 12.7. The third-order valence-electron chi connectivity index (χ3n) is 4.27.